The maximum Gasteiger partial charge on any atom is 0.142 e. The Morgan fingerprint density at radius 1 is 1.32 bits per heavy atom. The summed E-state index contributed by atoms with van der Waals surface area (Å²) < 4.78 is 6.21. The highest BCUT2D eigenvalue weighted by atomic mass is 35.5. The Morgan fingerprint density at radius 3 is 2.84 bits per heavy atom. The van der Waals surface area contributed by atoms with Gasteiger partial charge in [0.05, 0.1) is 16.6 Å². The Bertz CT molecular complexity index is 545. The van der Waals surface area contributed by atoms with Crippen LogP contribution in [0.2, 0.25) is 4.34 Å². The van der Waals surface area contributed by atoms with Crippen LogP contribution in [-0.4, -0.2) is 18.3 Å². The number of benzene rings is 1. The van der Waals surface area contributed by atoms with Crippen LogP contribution in [0.15, 0.2) is 30.3 Å². The molecule has 6 heteroatoms. The highest BCUT2D eigenvalue weighted by Crippen LogP contribution is 2.28. The molecule has 0 radical (unpaired) electrons. The maximum atomic E-state index is 8.80. The summed E-state index contributed by atoms with van der Waals surface area (Å²) in [5.74, 6) is 0.672. The van der Waals surface area contributed by atoms with Crippen LogP contribution in [0, 0.1) is 0 Å². The molecule has 4 nitrogen and oxygen atoms in total. The number of rotatable bonds is 6. The number of nitrogens with two attached hydrogens (primary N) is 1. The van der Waals surface area contributed by atoms with E-state index in [2.05, 4.69) is 5.32 Å². The van der Waals surface area contributed by atoms with E-state index in [1.165, 1.54) is 11.3 Å². The third-order valence-corrected chi connectivity index (χ3v) is 3.67. The molecule has 0 spiro atoms. The monoisotopic (exact) mass is 298 g/mol. The number of aliphatic hydroxyl groups is 1. The standard InChI is InChI=1S/C13H15ClN2O2S/c14-13-4-2-10(19-13)8-16-11-7-9(15)1-3-12(11)18-6-5-17/h1-4,7,16-17H,5-6,8,15H2. The third kappa shape index (κ3) is 4.02. The predicted molar refractivity (Wildman–Crippen MR) is 80.1 cm³/mol. The van der Waals surface area contributed by atoms with Gasteiger partial charge in [-0.2, -0.15) is 0 Å². The molecule has 1 aromatic heterocycles. The minimum Gasteiger partial charge on any atom is -0.489 e. The average molecular weight is 299 g/mol. The normalized spacial score (nSPS) is 10.4. The summed E-state index contributed by atoms with van der Waals surface area (Å²) >= 11 is 7.41. The second-order valence-electron chi connectivity index (χ2n) is 3.89. The van der Waals surface area contributed by atoms with Crippen molar-refractivity contribution < 1.29 is 9.84 Å². The fourth-order valence-corrected chi connectivity index (χ4v) is 2.62. The number of halogens is 1. The molecule has 2 rings (SSSR count). The van der Waals surface area contributed by atoms with Gasteiger partial charge >= 0.3 is 0 Å². The molecule has 0 saturated heterocycles. The van der Waals surface area contributed by atoms with Crippen LogP contribution >= 0.6 is 22.9 Å². The second-order valence-corrected chi connectivity index (χ2v) is 5.69. The van der Waals surface area contributed by atoms with Gasteiger partial charge in [-0.25, -0.2) is 0 Å². The zero-order valence-corrected chi connectivity index (χ0v) is 11.8. The third-order valence-electron chi connectivity index (χ3n) is 2.43. The van der Waals surface area contributed by atoms with Crippen molar-refractivity contribution in [2.45, 2.75) is 6.54 Å². The number of nitrogen functional groups attached to an aromatic ring is 1. The summed E-state index contributed by atoms with van der Waals surface area (Å²) in [6.07, 6.45) is 0. The first-order chi connectivity index (χ1) is 9.19. The lowest BCUT2D eigenvalue weighted by Crippen LogP contribution is -2.06. The molecule has 0 unspecified atom stereocenters. The van der Waals surface area contributed by atoms with Crippen LogP contribution in [0.25, 0.3) is 0 Å². The van der Waals surface area contributed by atoms with E-state index in [1.807, 2.05) is 18.2 Å². The molecule has 0 aliphatic rings. The van der Waals surface area contributed by atoms with E-state index in [9.17, 15) is 0 Å². The molecular weight excluding hydrogens is 284 g/mol. The fraction of sp³-hybridized carbons (Fsp3) is 0.231. The fourth-order valence-electron chi connectivity index (χ4n) is 1.60. The van der Waals surface area contributed by atoms with E-state index in [0.29, 0.717) is 18.0 Å². The molecule has 4 N–H and O–H groups in total. The molecule has 0 amide bonds. The van der Waals surface area contributed by atoms with Crippen LogP contribution in [0.3, 0.4) is 0 Å². The van der Waals surface area contributed by atoms with Crippen LogP contribution in [-0.2, 0) is 6.54 Å². The van der Waals surface area contributed by atoms with Gasteiger partial charge < -0.3 is 20.9 Å². The quantitative estimate of drug-likeness (QED) is 0.717. The molecule has 2 aromatic rings. The first-order valence-electron chi connectivity index (χ1n) is 5.80. The van der Waals surface area contributed by atoms with Crippen molar-refractivity contribution in [1.29, 1.82) is 0 Å². The molecule has 19 heavy (non-hydrogen) atoms. The molecule has 0 atom stereocenters. The molecule has 0 aliphatic heterocycles. The van der Waals surface area contributed by atoms with Crippen molar-refractivity contribution in [3.05, 3.63) is 39.5 Å². The summed E-state index contributed by atoms with van der Waals surface area (Å²) in [5, 5.41) is 12.1. The Labute approximate surface area is 120 Å². The largest absolute Gasteiger partial charge is 0.489 e. The van der Waals surface area contributed by atoms with Gasteiger partial charge in [0.15, 0.2) is 0 Å². The Morgan fingerprint density at radius 2 is 2.16 bits per heavy atom. The van der Waals surface area contributed by atoms with Gasteiger partial charge in [0.1, 0.15) is 12.4 Å². The van der Waals surface area contributed by atoms with Crippen molar-refractivity contribution in [3.63, 3.8) is 0 Å². The first-order valence-corrected chi connectivity index (χ1v) is 7.00. The van der Waals surface area contributed by atoms with Gasteiger partial charge in [-0.15, -0.1) is 11.3 Å². The van der Waals surface area contributed by atoms with Crippen molar-refractivity contribution in [2.75, 3.05) is 24.3 Å². The van der Waals surface area contributed by atoms with E-state index < -0.39 is 0 Å². The summed E-state index contributed by atoms with van der Waals surface area (Å²) in [4.78, 5) is 1.13. The highest BCUT2D eigenvalue weighted by Gasteiger charge is 2.05. The lowest BCUT2D eigenvalue weighted by atomic mass is 10.2. The molecule has 0 saturated carbocycles. The highest BCUT2D eigenvalue weighted by molar-refractivity contribution is 7.16. The average Bonchev–Trinajstić information content (AvgIpc) is 2.81. The van der Waals surface area contributed by atoms with Gasteiger partial charge in [-0.3, -0.25) is 0 Å². The zero-order valence-electron chi connectivity index (χ0n) is 10.2. The summed E-state index contributed by atoms with van der Waals surface area (Å²) in [7, 11) is 0. The van der Waals surface area contributed by atoms with E-state index in [-0.39, 0.29) is 13.2 Å². The molecule has 0 aliphatic carbocycles. The molecule has 0 bridgehead atoms. The van der Waals surface area contributed by atoms with Crippen LogP contribution in [0.4, 0.5) is 11.4 Å². The minimum atomic E-state index is -0.0235. The number of ether oxygens (including phenoxy) is 1. The SMILES string of the molecule is Nc1ccc(OCCO)c(NCc2ccc(Cl)s2)c1. The summed E-state index contributed by atoms with van der Waals surface area (Å²) in [6.45, 7) is 0.879. The zero-order chi connectivity index (χ0) is 13.7. The Kier molecular flexibility index (Phi) is 4.90. The molecule has 1 aromatic carbocycles. The lowest BCUT2D eigenvalue weighted by molar-refractivity contribution is 0.202. The number of thiophene rings is 1. The van der Waals surface area contributed by atoms with Crippen molar-refractivity contribution in [2.24, 2.45) is 0 Å². The van der Waals surface area contributed by atoms with E-state index in [1.54, 1.807) is 12.1 Å². The van der Waals surface area contributed by atoms with E-state index in [0.717, 1.165) is 14.9 Å². The van der Waals surface area contributed by atoms with E-state index >= 15 is 0 Å². The minimum absolute atomic E-state index is 0.0235. The molecule has 1 heterocycles. The number of hydrogen-bond acceptors (Lipinski definition) is 5. The topological polar surface area (TPSA) is 67.5 Å². The second kappa shape index (κ2) is 6.65. The van der Waals surface area contributed by atoms with E-state index in [4.69, 9.17) is 27.2 Å². The molecular formula is C13H15ClN2O2S. The Hall–Kier alpha value is -1.43. The van der Waals surface area contributed by atoms with Crippen LogP contribution in [0.1, 0.15) is 4.88 Å². The Balaban J connectivity index is 2.06. The number of aliphatic hydroxyl groups excluding tert-OH is 1. The van der Waals surface area contributed by atoms with Gasteiger partial charge in [-0.05, 0) is 30.3 Å². The smallest absolute Gasteiger partial charge is 0.142 e. The maximum absolute atomic E-state index is 8.80. The first kappa shape index (κ1) is 14.0. The van der Waals surface area contributed by atoms with Gasteiger partial charge in [0.2, 0.25) is 0 Å². The van der Waals surface area contributed by atoms with Crippen LogP contribution in [0.5, 0.6) is 5.75 Å². The number of nitrogens with one attached hydrogen (secondary N) is 1. The van der Waals surface area contributed by atoms with Crippen LogP contribution < -0.4 is 15.8 Å². The molecule has 0 fully saturated rings. The van der Waals surface area contributed by atoms with Crippen molar-refractivity contribution in [3.8, 4) is 5.75 Å². The summed E-state index contributed by atoms with van der Waals surface area (Å²) in [5.41, 5.74) is 7.23. The van der Waals surface area contributed by atoms with Crippen molar-refractivity contribution in [1.82, 2.24) is 0 Å². The number of anilines is 2. The predicted octanol–water partition coefficient (Wildman–Crippen LogP) is 2.97. The number of hydrogen-bond donors (Lipinski definition) is 3. The van der Waals surface area contributed by atoms with Crippen molar-refractivity contribution >= 4 is 34.3 Å². The van der Waals surface area contributed by atoms with Gasteiger partial charge in [0.25, 0.3) is 0 Å². The van der Waals surface area contributed by atoms with Gasteiger partial charge in [0, 0.05) is 17.1 Å². The van der Waals surface area contributed by atoms with Gasteiger partial charge in [-0.1, -0.05) is 11.6 Å². The molecule has 102 valence electrons. The lowest BCUT2D eigenvalue weighted by Gasteiger charge is -2.13. The summed E-state index contributed by atoms with van der Waals surface area (Å²) in [6, 6.07) is 9.20.